The zero-order valence-corrected chi connectivity index (χ0v) is 14.0. The van der Waals surface area contributed by atoms with E-state index in [9.17, 15) is 4.39 Å². The first-order valence-electron chi connectivity index (χ1n) is 7.49. The van der Waals surface area contributed by atoms with Gasteiger partial charge in [0.1, 0.15) is 12.1 Å². The Morgan fingerprint density at radius 3 is 2.67 bits per heavy atom. The third-order valence-corrected chi connectivity index (χ3v) is 4.82. The number of rotatable bonds is 2. The molecule has 1 N–H and O–H groups in total. The van der Waals surface area contributed by atoms with E-state index in [1.165, 1.54) is 12.4 Å². The molecule has 24 heavy (non-hydrogen) atoms. The lowest BCUT2D eigenvalue weighted by atomic mass is 9.93. The molecule has 0 spiro atoms. The van der Waals surface area contributed by atoms with E-state index in [4.69, 9.17) is 23.2 Å². The second-order valence-electron chi connectivity index (χ2n) is 5.66. The van der Waals surface area contributed by atoms with Crippen molar-refractivity contribution in [2.24, 2.45) is 0 Å². The lowest BCUT2D eigenvalue weighted by Gasteiger charge is -2.32. The second kappa shape index (κ2) is 6.07. The highest BCUT2D eigenvalue weighted by atomic mass is 35.5. The minimum Gasteiger partial charge on any atom is -0.348 e. The summed E-state index contributed by atoms with van der Waals surface area (Å²) in [4.78, 5) is 4.23. The van der Waals surface area contributed by atoms with Crippen molar-refractivity contribution in [3.05, 3.63) is 75.8 Å². The van der Waals surface area contributed by atoms with Gasteiger partial charge < -0.3 is 5.32 Å². The largest absolute Gasteiger partial charge is 0.348 e. The van der Waals surface area contributed by atoms with E-state index >= 15 is 0 Å². The van der Waals surface area contributed by atoms with Crippen LogP contribution in [0, 0.1) is 5.82 Å². The quantitative estimate of drug-likeness (QED) is 0.706. The SMILES string of the molecule is Fc1cccc(Cl)c1C1C[C@H](c2ccc(Cl)cc2)Nc2ncnn21. The first kappa shape index (κ1) is 15.4. The molecular formula is C17H13Cl2FN4. The number of benzene rings is 2. The summed E-state index contributed by atoms with van der Waals surface area (Å²) in [6.45, 7) is 0. The van der Waals surface area contributed by atoms with Crippen LogP contribution in [0.5, 0.6) is 0 Å². The predicted molar refractivity (Wildman–Crippen MR) is 92.0 cm³/mol. The Labute approximate surface area is 148 Å². The molecule has 4 rings (SSSR count). The van der Waals surface area contributed by atoms with Crippen molar-refractivity contribution in [3.8, 4) is 0 Å². The normalized spacial score (nSPS) is 19.6. The van der Waals surface area contributed by atoms with Crippen molar-refractivity contribution in [1.82, 2.24) is 14.8 Å². The highest BCUT2D eigenvalue weighted by Crippen LogP contribution is 2.40. The van der Waals surface area contributed by atoms with Crippen LogP contribution >= 0.6 is 23.2 Å². The fourth-order valence-corrected chi connectivity index (χ4v) is 3.52. The van der Waals surface area contributed by atoms with Crippen LogP contribution in [0.2, 0.25) is 10.0 Å². The number of hydrogen-bond donors (Lipinski definition) is 1. The van der Waals surface area contributed by atoms with Crippen LogP contribution in [-0.4, -0.2) is 14.8 Å². The standard InChI is InChI=1S/C17H13Cl2FN4/c18-11-6-4-10(5-7-11)14-8-15(24-17(23-14)21-9-22-24)16-12(19)2-1-3-13(16)20/h1-7,9,14-15H,8H2,(H,21,22,23)/t14-,15?/m1/s1. The number of aromatic nitrogens is 3. The number of anilines is 1. The number of nitrogens with one attached hydrogen (secondary N) is 1. The monoisotopic (exact) mass is 362 g/mol. The van der Waals surface area contributed by atoms with Gasteiger partial charge in [-0.25, -0.2) is 9.07 Å². The molecule has 0 saturated carbocycles. The molecule has 0 radical (unpaired) electrons. The van der Waals surface area contributed by atoms with Crippen molar-refractivity contribution in [3.63, 3.8) is 0 Å². The molecule has 0 saturated heterocycles. The summed E-state index contributed by atoms with van der Waals surface area (Å²) in [5.74, 6) is 0.247. The van der Waals surface area contributed by atoms with Crippen molar-refractivity contribution >= 4 is 29.2 Å². The van der Waals surface area contributed by atoms with Crippen LogP contribution in [0.4, 0.5) is 10.3 Å². The van der Waals surface area contributed by atoms with E-state index in [0.29, 0.717) is 28.0 Å². The minimum atomic E-state index is -0.342. The van der Waals surface area contributed by atoms with Crippen molar-refractivity contribution < 1.29 is 4.39 Å². The van der Waals surface area contributed by atoms with Crippen LogP contribution < -0.4 is 5.32 Å². The number of halogens is 3. The molecule has 2 atom stereocenters. The predicted octanol–water partition coefficient (Wildman–Crippen LogP) is 4.87. The Morgan fingerprint density at radius 1 is 1.12 bits per heavy atom. The molecule has 1 aromatic heterocycles. The van der Waals surface area contributed by atoms with Crippen LogP contribution in [0.25, 0.3) is 0 Å². The maximum Gasteiger partial charge on any atom is 0.222 e. The third-order valence-electron chi connectivity index (χ3n) is 4.24. The van der Waals surface area contributed by atoms with Gasteiger partial charge in [0.25, 0.3) is 0 Å². The first-order valence-corrected chi connectivity index (χ1v) is 8.24. The van der Waals surface area contributed by atoms with Crippen LogP contribution in [0.1, 0.15) is 29.6 Å². The van der Waals surface area contributed by atoms with Crippen molar-refractivity contribution in [1.29, 1.82) is 0 Å². The van der Waals surface area contributed by atoms with E-state index in [2.05, 4.69) is 15.4 Å². The number of hydrogen-bond acceptors (Lipinski definition) is 3. The molecule has 0 bridgehead atoms. The second-order valence-corrected chi connectivity index (χ2v) is 6.51. The lowest BCUT2D eigenvalue weighted by Crippen LogP contribution is -2.28. The van der Waals surface area contributed by atoms with Crippen molar-refractivity contribution in [2.75, 3.05) is 5.32 Å². The minimum absolute atomic E-state index is 0.0420. The van der Waals surface area contributed by atoms with Gasteiger partial charge in [0, 0.05) is 15.6 Å². The van der Waals surface area contributed by atoms with E-state index in [1.807, 2.05) is 24.3 Å². The van der Waals surface area contributed by atoms with E-state index in [1.54, 1.807) is 16.8 Å². The molecule has 1 aliphatic rings. The Morgan fingerprint density at radius 2 is 1.92 bits per heavy atom. The summed E-state index contributed by atoms with van der Waals surface area (Å²) >= 11 is 12.2. The fraction of sp³-hybridized carbons (Fsp3) is 0.176. The van der Waals surface area contributed by atoms with Gasteiger partial charge in [0.2, 0.25) is 5.95 Å². The zero-order chi connectivity index (χ0) is 16.7. The van der Waals surface area contributed by atoms with Crippen molar-refractivity contribution in [2.45, 2.75) is 18.5 Å². The smallest absolute Gasteiger partial charge is 0.222 e. The third kappa shape index (κ3) is 2.64. The van der Waals surface area contributed by atoms with Gasteiger partial charge in [-0.15, -0.1) is 0 Å². The first-order chi connectivity index (χ1) is 11.6. The Kier molecular flexibility index (Phi) is 3.90. The van der Waals surface area contributed by atoms with Crippen LogP contribution in [0.15, 0.2) is 48.8 Å². The Bertz CT molecular complexity index is 858. The Balaban J connectivity index is 1.78. The molecule has 122 valence electrons. The highest BCUT2D eigenvalue weighted by Gasteiger charge is 2.32. The van der Waals surface area contributed by atoms with Crippen LogP contribution in [-0.2, 0) is 0 Å². The molecule has 0 fully saturated rings. The van der Waals surface area contributed by atoms with Gasteiger partial charge in [0.15, 0.2) is 0 Å². The maximum absolute atomic E-state index is 14.4. The number of nitrogens with zero attached hydrogens (tertiary/aromatic N) is 3. The van der Waals surface area contributed by atoms with Crippen LogP contribution in [0.3, 0.4) is 0 Å². The molecule has 1 unspecified atom stereocenters. The molecule has 3 aromatic rings. The lowest BCUT2D eigenvalue weighted by molar-refractivity contribution is 0.416. The average Bonchev–Trinajstić information content (AvgIpc) is 3.04. The molecule has 2 aromatic carbocycles. The maximum atomic E-state index is 14.4. The van der Waals surface area contributed by atoms with Gasteiger partial charge in [-0.05, 0) is 36.2 Å². The molecule has 0 aliphatic carbocycles. The van der Waals surface area contributed by atoms with Gasteiger partial charge >= 0.3 is 0 Å². The van der Waals surface area contributed by atoms with Gasteiger partial charge in [0.05, 0.1) is 12.1 Å². The van der Waals surface area contributed by atoms with E-state index < -0.39 is 0 Å². The summed E-state index contributed by atoms with van der Waals surface area (Å²) in [7, 11) is 0. The molecule has 4 nitrogen and oxygen atoms in total. The average molecular weight is 363 g/mol. The summed E-state index contributed by atoms with van der Waals surface area (Å²) in [6.07, 6.45) is 2.05. The molecule has 7 heteroatoms. The van der Waals surface area contributed by atoms with E-state index in [-0.39, 0.29) is 17.9 Å². The zero-order valence-electron chi connectivity index (χ0n) is 12.5. The molecule has 1 aliphatic heterocycles. The Hall–Kier alpha value is -2.11. The van der Waals surface area contributed by atoms with Gasteiger partial charge in [-0.2, -0.15) is 10.1 Å². The summed E-state index contributed by atoms with van der Waals surface area (Å²) < 4.78 is 16.1. The summed E-state index contributed by atoms with van der Waals surface area (Å²) in [5, 5.41) is 8.63. The van der Waals surface area contributed by atoms with Gasteiger partial charge in [-0.3, -0.25) is 0 Å². The van der Waals surface area contributed by atoms with Gasteiger partial charge in [-0.1, -0.05) is 41.4 Å². The highest BCUT2D eigenvalue weighted by molar-refractivity contribution is 6.31. The van der Waals surface area contributed by atoms with E-state index in [0.717, 1.165) is 5.56 Å². The number of fused-ring (bicyclic) bond motifs is 1. The molecular weight excluding hydrogens is 350 g/mol. The fourth-order valence-electron chi connectivity index (χ4n) is 3.10. The summed E-state index contributed by atoms with van der Waals surface area (Å²) in [6, 6.07) is 11.9. The summed E-state index contributed by atoms with van der Waals surface area (Å²) in [5.41, 5.74) is 1.48. The molecule has 0 amide bonds. The topological polar surface area (TPSA) is 42.7 Å². The molecule has 2 heterocycles.